The summed E-state index contributed by atoms with van der Waals surface area (Å²) in [5.41, 5.74) is 0. The summed E-state index contributed by atoms with van der Waals surface area (Å²) >= 11 is 0. The van der Waals surface area contributed by atoms with E-state index < -0.39 is 0 Å². The van der Waals surface area contributed by atoms with E-state index in [-0.39, 0.29) is 18.1 Å². The van der Waals surface area contributed by atoms with Crippen LogP contribution < -0.4 is 10.6 Å². The molecule has 0 aromatic rings. The highest BCUT2D eigenvalue weighted by molar-refractivity contribution is 5.80. The SMILES string of the molecule is CNC(=O)[C@@H]1CC[C@H]2NCC[C@H]2O1. The quantitative estimate of drug-likeness (QED) is 0.585. The van der Waals surface area contributed by atoms with E-state index in [1.165, 1.54) is 0 Å². The third-order valence-corrected chi connectivity index (χ3v) is 2.90. The maximum Gasteiger partial charge on any atom is 0.248 e. The largest absolute Gasteiger partial charge is 0.363 e. The van der Waals surface area contributed by atoms with Gasteiger partial charge in [-0.05, 0) is 25.8 Å². The molecule has 0 unspecified atom stereocenters. The molecule has 2 fully saturated rings. The van der Waals surface area contributed by atoms with Crippen LogP contribution in [-0.4, -0.2) is 37.7 Å². The van der Waals surface area contributed by atoms with Gasteiger partial charge in [-0.3, -0.25) is 4.79 Å². The first-order chi connectivity index (χ1) is 6.31. The van der Waals surface area contributed by atoms with Gasteiger partial charge in [-0.1, -0.05) is 0 Å². The molecule has 1 amide bonds. The fraction of sp³-hybridized carbons (Fsp3) is 0.889. The number of hydrogen-bond donors (Lipinski definition) is 2. The molecule has 0 bridgehead atoms. The molecule has 0 radical (unpaired) electrons. The number of nitrogens with one attached hydrogen (secondary N) is 2. The molecule has 2 aliphatic heterocycles. The first kappa shape index (κ1) is 8.97. The van der Waals surface area contributed by atoms with Crippen molar-refractivity contribution in [3.8, 4) is 0 Å². The van der Waals surface area contributed by atoms with E-state index >= 15 is 0 Å². The van der Waals surface area contributed by atoms with Crippen LogP contribution in [0.5, 0.6) is 0 Å². The summed E-state index contributed by atoms with van der Waals surface area (Å²) in [5.74, 6) is 0.0188. The van der Waals surface area contributed by atoms with Crippen molar-refractivity contribution in [1.29, 1.82) is 0 Å². The Morgan fingerprint density at radius 2 is 2.31 bits per heavy atom. The van der Waals surface area contributed by atoms with Crippen molar-refractivity contribution in [2.24, 2.45) is 0 Å². The highest BCUT2D eigenvalue weighted by Gasteiger charge is 2.36. The van der Waals surface area contributed by atoms with Crippen molar-refractivity contribution in [3.05, 3.63) is 0 Å². The molecule has 2 N–H and O–H groups in total. The van der Waals surface area contributed by atoms with E-state index in [0.717, 1.165) is 25.8 Å². The van der Waals surface area contributed by atoms with Crippen LogP contribution in [0.15, 0.2) is 0 Å². The topological polar surface area (TPSA) is 50.4 Å². The number of carbonyl (C=O) groups is 1. The summed E-state index contributed by atoms with van der Waals surface area (Å²) in [6.07, 6.45) is 2.98. The molecule has 0 spiro atoms. The van der Waals surface area contributed by atoms with Crippen LogP contribution in [0.1, 0.15) is 19.3 Å². The lowest BCUT2D eigenvalue weighted by molar-refractivity contribution is -0.141. The minimum absolute atomic E-state index is 0.0188. The monoisotopic (exact) mass is 184 g/mol. The summed E-state index contributed by atoms with van der Waals surface area (Å²) in [6, 6.07) is 0.487. The van der Waals surface area contributed by atoms with Crippen molar-refractivity contribution in [3.63, 3.8) is 0 Å². The van der Waals surface area contributed by atoms with Gasteiger partial charge in [-0.25, -0.2) is 0 Å². The van der Waals surface area contributed by atoms with Crippen LogP contribution in [0.4, 0.5) is 0 Å². The molecular formula is C9H16N2O2. The number of fused-ring (bicyclic) bond motifs is 1. The zero-order chi connectivity index (χ0) is 9.26. The van der Waals surface area contributed by atoms with Gasteiger partial charge in [0.2, 0.25) is 5.91 Å². The predicted molar refractivity (Wildman–Crippen MR) is 48.4 cm³/mol. The Hall–Kier alpha value is -0.610. The zero-order valence-electron chi connectivity index (χ0n) is 7.88. The number of rotatable bonds is 1. The average molecular weight is 184 g/mol. The van der Waals surface area contributed by atoms with E-state index in [1.807, 2.05) is 0 Å². The van der Waals surface area contributed by atoms with E-state index in [9.17, 15) is 4.79 Å². The lowest BCUT2D eigenvalue weighted by atomic mass is 9.99. The molecule has 0 aromatic carbocycles. The molecule has 0 aliphatic carbocycles. The third kappa shape index (κ3) is 1.69. The molecule has 2 heterocycles. The molecule has 4 heteroatoms. The molecule has 13 heavy (non-hydrogen) atoms. The van der Waals surface area contributed by atoms with Crippen molar-refractivity contribution in [2.45, 2.75) is 37.5 Å². The number of hydrogen-bond acceptors (Lipinski definition) is 3. The highest BCUT2D eigenvalue weighted by atomic mass is 16.5. The van der Waals surface area contributed by atoms with Gasteiger partial charge in [0.05, 0.1) is 6.10 Å². The number of amides is 1. The van der Waals surface area contributed by atoms with Gasteiger partial charge in [0.15, 0.2) is 0 Å². The molecule has 2 saturated heterocycles. The van der Waals surface area contributed by atoms with Crippen LogP contribution in [-0.2, 0) is 9.53 Å². The summed E-state index contributed by atoms with van der Waals surface area (Å²) in [7, 11) is 1.66. The third-order valence-electron chi connectivity index (χ3n) is 2.90. The normalized spacial score (nSPS) is 38.4. The van der Waals surface area contributed by atoms with Crippen molar-refractivity contribution in [2.75, 3.05) is 13.6 Å². The summed E-state index contributed by atoms with van der Waals surface area (Å²) in [6.45, 7) is 1.02. The molecule has 4 nitrogen and oxygen atoms in total. The molecule has 2 aliphatic rings. The predicted octanol–water partition coefficient (Wildman–Crippen LogP) is -0.358. The van der Waals surface area contributed by atoms with Crippen LogP contribution in [0.3, 0.4) is 0 Å². The fourth-order valence-electron chi connectivity index (χ4n) is 2.16. The highest BCUT2D eigenvalue weighted by Crippen LogP contribution is 2.25. The lowest BCUT2D eigenvalue weighted by Gasteiger charge is -2.31. The second-order valence-corrected chi connectivity index (χ2v) is 3.70. The van der Waals surface area contributed by atoms with Crippen LogP contribution in [0.25, 0.3) is 0 Å². The Bertz CT molecular complexity index is 208. The second-order valence-electron chi connectivity index (χ2n) is 3.70. The van der Waals surface area contributed by atoms with E-state index in [1.54, 1.807) is 7.05 Å². The minimum atomic E-state index is -0.217. The Labute approximate surface area is 78.0 Å². The Kier molecular flexibility index (Phi) is 2.51. The molecule has 0 aromatic heterocycles. The maximum absolute atomic E-state index is 11.3. The van der Waals surface area contributed by atoms with Gasteiger partial charge in [0.1, 0.15) is 6.10 Å². The van der Waals surface area contributed by atoms with Gasteiger partial charge < -0.3 is 15.4 Å². The summed E-state index contributed by atoms with van der Waals surface area (Å²) in [4.78, 5) is 11.3. The Balaban J connectivity index is 1.93. The smallest absolute Gasteiger partial charge is 0.248 e. The Morgan fingerprint density at radius 3 is 3.08 bits per heavy atom. The number of likely N-dealkylation sites (N-methyl/N-ethyl adjacent to an activating group) is 1. The van der Waals surface area contributed by atoms with E-state index in [0.29, 0.717) is 6.04 Å². The van der Waals surface area contributed by atoms with Crippen molar-refractivity contribution in [1.82, 2.24) is 10.6 Å². The van der Waals surface area contributed by atoms with E-state index in [4.69, 9.17) is 4.74 Å². The molecule has 3 atom stereocenters. The lowest BCUT2D eigenvalue weighted by Crippen LogP contribution is -2.46. The van der Waals surface area contributed by atoms with Crippen LogP contribution in [0.2, 0.25) is 0 Å². The van der Waals surface area contributed by atoms with Gasteiger partial charge in [0.25, 0.3) is 0 Å². The number of ether oxygens (including phenoxy) is 1. The summed E-state index contributed by atoms with van der Waals surface area (Å²) < 4.78 is 5.69. The maximum atomic E-state index is 11.3. The number of carbonyl (C=O) groups excluding carboxylic acids is 1. The molecule has 0 saturated carbocycles. The van der Waals surface area contributed by atoms with E-state index in [2.05, 4.69) is 10.6 Å². The van der Waals surface area contributed by atoms with Gasteiger partial charge in [-0.2, -0.15) is 0 Å². The first-order valence-corrected chi connectivity index (χ1v) is 4.91. The molecule has 2 rings (SSSR count). The minimum Gasteiger partial charge on any atom is -0.363 e. The molecular weight excluding hydrogens is 168 g/mol. The second kappa shape index (κ2) is 3.64. The summed E-state index contributed by atoms with van der Waals surface area (Å²) in [5, 5.41) is 6.01. The van der Waals surface area contributed by atoms with Crippen LogP contribution >= 0.6 is 0 Å². The van der Waals surface area contributed by atoms with Gasteiger partial charge in [-0.15, -0.1) is 0 Å². The van der Waals surface area contributed by atoms with Crippen molar-refractivity contribution < 1.29 is 9.53 Å². The first-order valence-electron chi connectivity index (χ1n) is 4.91. The van der Waals surface area contributed by atoms with Gasteiger partial charge in [0, 0.05) is 13.1 Å². The average Bonchev–Trinajstić information content (AvgIpc) is 2.63. The molecule has 74 valence electrons. The standard InChI is InChI=1S/C9H16N2O2/c1-10-9(12)8-3-2-6-7(13-8)4-5-11-6/h6-8,11H,2-5H2,1H3,(H,10,12)/t6-,7-,8+/m1/s1. The Morgan fingerprint density at radius 1 is 1.46 bits per heavy atom. The van der Waals surface area contributed by atoms with Crippen molar-refractivity contribution >= 4 is 5.91 Å². The van der Waals surface area contributed by atoms with Gasteiger partial charge >= 0.3 is 0 Å². The van der Waals surface area contributed by atoms with Crippen LogP contribution in [0, 0.1) is 0 Å². The zero-order valence-corrected chi connectivity index (χ0v) is 7.88. The fourth-order valence-corrected chi connectivity index (χ4v) is 2.16.